The summed E-state index contributed by atoms with van der Waals surface area (Å²) in [7, 11) is 0. The topological polar surface area (TPSA) is 115 Å². The summed E-state index contributed by atoms with van der Waals surface area (Å²) in [5.41, 5.74) is 2.00. The maximum absolute atomic E-state index is 13.1. The summed E-state index contributed by atoms with van der Waals surface area (Å²) in [5, 5.41) is 14.1. The molecule has 0 saturated carbocycles. The SMILES string of the molecule is CSCCC(NC(=O)c1cc2c(cn1)[nH]c1ccccc12)C(=O)N1CCCC1C(=O)O. The summed E-state index contributed by atoms with van der Waals surface area (Å²) in [6.07, 6.45) is 5.04. The van der Waals surface area contributed by atoms with Crippen molar-refractivity contribution in [3.8, 4) is 0 Å². The van der Waals surface area contributed by atoms with E-state index in [9.17, 15) is 19.5 Å². The molecule has 162 valence electrons. The zero-order valence-corrected chi connectivity index (χ0v) is 17.9. The highest BCUT2D eigenvalue weighted by Crippen LogP contribution is 2.25. The third kappa shape index (κ3) is 4.23. The molecule has 0 bridgehead atoms. The summed E-state index contributed by atoms with van der Waals surface area (Å²) in [6, 6.07) is 7.89. The number of para-hydroxylation sites is 1. The van der Waals surface area contributed by atoms with Gasteiger partial charge in [-0.25, -0.2) is 9.78 Å². The summed E-state index contributed by atoms with van der Waals surface area (Å²) >= 11 is 1.57. The molecule has 31 heavy (non-hydrogen) atoms. The number of rotatable bonds is 7. The number of pyridine rings is 1. The molecule has 3 heterocycles. The maximum Gasteiger partial charge on any atom is 0.326 e. The minimum Gasteiger partial charge on any atom is -0.480 e. The summed E-state index contributed by atoms with van der Waals surface area (Å²) in [6.45, 7) is 0.390. The van der Waals surface area contributed by atoms with Crippen molar-refractivity contribution in [1.29, 1.82) is 0 Å². The fourth-order valence-electron chi connectivity index (χ4n) is 4.09. The Bertz CT molecular complexity index is 1140. The summed E-state index contributed by atoms with van der Waals surface area (Å²) in [4.78, 5) is 46.5. The predicted octanol–water partition coefficient (Wildman–Crippen LogP) is 2.64. The van der Waals surface area contributed by atoms with Crippen LogP contribution in [0.25, 0.3) is 21.8 Å². The highest BCUT2D eigenvalue weighted by atomic mass is 32.2. The van der Waals surface area contributed by atoms with Crippen molar-refractivity contribution in [3.05, 3.63) is 42.2 Å². The van der Waals surface area contributed by atoms with Crippen molar-refractivity contribution < 1.29 is 19.5 Å². The van der Waals surface area contributed by atoms with Crippen molar-refractivity contribution >= 4 is 51.4 Å². The first kappa shape index (κ1) is 21.2. The molecule has 2 atom stereocenters. The number of carbonyl (C=O) groups excluding carboxylic acids is 2. The van der Waals surface area contributed by atoms with Crippen LogP contribution < -0.4 is 5.32 Å². The van der Waals surface area contributed by atoms with Crippen LogP contribution in [0.3, 0.4) is 0 Å². The first-order valence-electron chi connectivity index (χ1n) is 10.2. The van der Waals surface area contributed by atoms with Crippen molar-refractivity contribution in [3.63, 3.8) is 0 Å². The fourth-order valence-corrected chi connectivity index (χ4v) is 4.56. The number of nitrogens with one attached hydrogen (secondary N) is 2. The van der Waals surface area contributed by atoms with Crippen LogP contribution in [-0.2, 0) is 9.59 Å². The van der Waals surface area contributed by atoms with E-state index in [-0.39, 0.29) is 11.6 Å². The van der Waals surface area contributed by atoms with Crippen LogP contribution in [0.2, 0.25) is 0 Å². The Morgan fingerprint density at radius 3 is 2.87 bits per heavy atom. The highest BCUT2D eigenvalue weighted by Gasteiger charge is 2.37. The average molecular weight is 441 g/mol. The Morgan fingerprint density at radius 2 is 2.10 bits per heavy atom. The van der Waals surface area contributed by atoms with E-state index in [1.54, 1.807) is 24.0 Å². The van der Waals surface area contributed by atoms with Gasteiger partial charge >= 0.3 is 5.97 Å². The second-order valence-corrected chi connectivity index (χ2v) is 8.61. The monoisotopic (exact) mass is 440 g/mol. The van der Waals surface area contributed by atoms with E-state index in [1.807, 2.05) is 30.5 Å². The fraction of sp³-hybridized carbons (Fsp3) is 0.364. The number of likely N-dealkylation sites (tertiary alicyclic amines) is 1. The molecule has 9 heteroatoms. The van der Waals surface area contributed by atoms with Gasteiger partial charge in [-0.05, 0) is 43.4 Å². The van der Waals surface area contributed by atoms with E-state index in [0.717, 1.165) is 21.8 Å². The lowest BCUT2D eigenvalue weighted by Gasteiger charge is -2.27. The standard InChI is InChI=1S/C22H24N4O4S/c1-31-10-8-16(21(28)26-9-4-7-19(26)22(29)30)25-20(27)17-11-14-13-5-2-3-6-15(13)24-18(14)12-23-17/h2-3,5-6,11-12,16,19,24H,4,7-10H2,1H3,(H,25,27)(H,29,30). The van der Waals surface area contributed by atoms with E-state index < -0.39 is 24.0 Å². The molecule has 2 amide bonds. The smallest absolute Gasteiger partial charge is 0.326 e. The quantitative estimate of drug-likeness (QED) is 0.520. The molecule has 2 unspecified atom stereocenters. The van der Waals surface area contributed by atoms with Gasteiger partial charge in [0.2, 0.25) is 5.91 Å². The van der Waals surface area contributed by atoms with Gasteiger partial charge in [-0.2, -0.15) is 11.8 Å². The molecule has 1 saturated heterocycles. The van der Waals surface area contributed by atoms with Gasteiger partial charge in [0.25, 0.3) is 5.91 Å². The molecule has 1 fully saturated rings. The van der Waals surface area contributed by atoms with Crippen molar-refractivity contribution in [1.82, 2.24) is 20.2 Å². The van der Waals surface area contributed by atoms with Crippen LogP contribution in [0, 0.1) is 0 Å². The number of aromatic amines is 1. The van der Waals surface area contributed by atoms with Gasteiger partial charge in [-0.15, -0.1) is 0 Å². The summed E-state index contributed by atoms with van der Waals surface area (Å²) < 4.78 is 0. The number of hydrogen-bond donors (Lipinski definition) is 3. The third-order valence-corrected chi connectivity index (χ3v) is 6.30. The Hall–Kier alpha value is -3.07. The molecule has 0 aliphatic carbocycles. The number of carbonyl (C=O) groups is 3. The van der Waals surface area contributed by atoms with Crippen LogP contribution >= 0.6 is 11.8 Å². The number of fused-ring (bicyclic) bond motifs is 3. The lowest BCUT2D eigenvalue weighted by atomic mass is 10.1. The lowest BCUT2D eigenvalue weighted by molar-refractivity contribution is -0.148. The van der Waals surface area contributed by atoms with E-state index in [2.05, 4.69) is 15.3 Å². The largest absolute Gasteiger partial charge is 0.480 e. The van der Waals surface area contributed by atoms with E-state index in [1.165, 1.54) is 4.90 Å². The van der Waals surface area contributed by atoms with E-state index >= 15 is 0 Å². The van der Waals surface area contributed by atoms with Gasteiger partial charge in [-0.3, -0.25) is 9.59 Å². The van der Waals surface area contributed by atoms with Gasteiger partial charge in [0.15, 0.2) is 0 Å². The van der Waals surface area contributed by atoms with Crippen molar-refractivity contribution in [2.45, 2.75) is 31.3 Å². The molecule has 1 aromatic carbocycles. The van der Waals surface area contributed by atoms with Crippen LogP contribution in [0.1, 0.15) is 29.8 Å². The van der Waals surface area contributed by atoms with Crippen LogP contribution in [0.5, 0.6) is 0 Å². The number of H-pyrrole nitrogens is 1. The molecule has 3 N–H and O–H groups in total. The average Bonchev–Trinajstić information content (AvgIpc) is 3.40. The molecule has 2 aromatic heterocycles. The Kier molecular flexibility index (Phi) is 6.13. The normalized spacial score (nSPS) is 17.2. The Balaban J connectivity index is 1.58. The zero-order chi connectivity index (χ0) is 22.0. The molecule has 4 rings (SSSR count). The maximum atomic E-state index is 13.1. The first-order valence-corrected chi connectivity index (χ1v) is 11.6. The minimum atomic E-state index is -1.01. The molecule has 1 aliphatic heterocycles. The molecular weight excluding hydrogens is 416 g/mol. The molecule has 0 radical (unpaired) electrons. The predicted molar refractivity (Wildman–Crippen MR) is 120 cm³/mol. The Morgan fingerprint density at radius 1 is 1.29 bits per heavy atom. The van der Waals surface area contributed by atoms with Gasteiger partial charge in [0, 0.05) is 22.8 Å². The number of carboxylic acid groups (broad SMARTS) is 1. The van der Waals surface area contributed by atoms with Gasteiger partial charge in [-0.1, -0.05) is 18.2 Å². The van der Waals surface area contributed by atoms with Gasteiger partial charge in [0.1, 0.15) is 17.8 Å². The van der Waals surface area contributed by atoms with Gasteiger partial charge < -0.3 is 20.3 Å². The molecule has 1 aliphatic rings. The number of aliphatic carboxylic acids is 1. The Labute approximate surface area is 183 Å². The number of aromatic nitrogens is 2. The minimum absolute atomic E-state index is 0.218. The van der Waals surface area contributed by atoms with Crippen molar-refractivity contribution in [2.24, 2.45) is 0 Å². The second-order valence-electron chi connectivity index (χ2n) is 7.62. The number of carboxylic acids is 1. The zero-order valence-electron chi connectivity index (χ0n) is 17.1. The molecular formula is C22H24N4O4S. The van der Waals surface area contributed by atoms with Crippen molar-refractivity contribution in [2.75, 3.05) is 18.6 Å². The number of hydrogen-bond acceptors (Lipinski definition) is 5. The van der Waals surface area contributed by atoms with E-state index in [4.69, 9.17) is 0 Å². The van der Waals surface area contributed by atoms with Crippen LogP contribution in [0.15, 0.2) is 36.5 Å². The molecule has 0 spiro atoms. The number of amides is 2. The van der Waals surface area contributed by atoms with Crippen LogP contribution in [0.4, 0.5) is 0 Å². The van der Waals surface area contributed by atoms with Crippen LogP contribution in [-0.4, -0.2) is 68.4 Å². The second kappa shape index (κ2) is 8.97. The number of nitrogens with zero attached hydrogens (tertiary/aromatic N) is 2. The highest BCUT2D eigenvalue weighted by molar-refractivity contribution is 7.98. The molecule has 8 nitrogen and oxygen atoms in total. The molecule has 3 aromatic rings. The first-order chi connectivity index (χ1) is 15.0. The lowest BCUT2D eigenvalue weighted by Crippen LogP contribution is -2.52. The van der Waals surface area contributed by atoms with E-state index in [0.29, 0.717) is 31.6 Å². The number of benzene rings is 1. The number of thioether (sulfide) groups is 1. The third-order valence-electron chi connectivity index (χ3n) is 5.66. The summed E-state index contributed by atoms with van der Waals surface area (Å²) in [5.74, 6) is -1.14. The van der Waals surface area contributed by atoms with Gasteiger partial charge in [0.05, 0.1) is 11.7 Å².